The predicted octanol–water partition coefficient (Wildman–Crippen LogP) is 5.96. The standard InChI is InChI=1S/C23H43N3/c1-2-3-11-18-25-22(20-13-6-4-7-14-20)23(26-19-12-10-17-24)21-15-8-5-9-16-21/h20-21H,2-19,24H2,1H3. The molecule has 2 rings (SSSR count). The van der Waals surface area contributed by atoms with Gasteiger partial charge in [0.05, 0.1) is 11.4 Å². The molecular formula is C23H43N3. The van der Waals surface area contributed by atoms with Gasteiger partial charge in [0.25, 0.3) is 0 Å². The molecule has 0 spiro atoms. The molecule has 3 heteroatoms. The number of nitrogens with zero attached hydrogens (tertiary/aromatic N) is 2. The van der Waals surface area contributed by atoms with Crippen LogP contribution in [-0.2, 0) is 0 Å². The van der Waals surface area contributed by atoms with Crippen LogP contribution in [0, 0.1) is 11.8 Å². The third-order valence-corrected chi connectivity index (χ3v) is 6.18. The highest BCUT2D eigenvalue weighted by Crippen LogP contribution is 2.31. The summed E-state index contributed by atoms with van der Waals surface area (Å²) in [5.74, 6) is 1.36. The zero-order valence-corrected chi connectivity index (χ0v) is 17.4. The predicted molar refractivity (Wildman–Crippen MR) is 116 cm³/mol. The maximum Gasteiger partial charge on any atom is 0.0592 e. The van der Waals surface area contributed by atoms with Crippen LogP contribution < -0.4 is 5.73 Å². The minimum Gasteiger partial charge on any atom is -0.330 e. The van der Waals surface area contributed by atoms with E-state index in [1.54, 1.807) is 0 Å². The Morgan fingerprint density at radius 3 is 1.58 bits per heavy atom. The van der Waals surface area contributed by atoms with Crippen molar-refractivity contribution >= 4 is 11.4 Å². The highest BCUT2D eigenvalue weighted by molar-refractivity contribution is 6.43. The van der Waals surface area contributed by atoms with Gasteiger partial charge in [0.2, 0.25) is 0 Å². The first-order valence-electron chi connectivity index (χ1n) is 11.7. The number of hydrogen-bond donors (Lipinski definition) is 1. The minimum absolute atomic E-state index is 0.675. The normalized spacial score (nSPS) is 21.3. The van der Waals surface area contributed by atoms with Crippen LogP contribution in [-0.4, -0.2) is 31.1 Å². The Kier molecular flexibility index (Phi) is 11.2. The highest BCUT2D eigenvalue weighted by Gasteiger charge is 2.28. The molecule has 0 aromatic heterocycles. The number of hydrogen-bond acceptors (Lipinski definition) is 3. The summed E-state index contributed by atoms with van der Waals surface area (Å²) < 4.78 is 0. The zero-order chi connectivity index (χ0) is 18.5. The maximum absolute atomic E-state index is 5.69. The summed E-state index contributed by atoms with van der Waals surface area (Å²) in [6.07, 6.45) is 19.7. The molecule has 0 saturated heterocycles. The van der Waals surface area contributed by atoms with Crippen molar-refractivity contribution in [3.05, 3.63) is 0 Å². The molecule has 0 aromatic carbocycles. The van der Waals surface area contributed by atoms with Crippen LogP contribution in [0.4, 0.5) is 0 Å². The van der Waals surface area contributed by atoms with E-state index in [2.05, 4.69) is 6.92 Å². The van der Waals surface area contributed by atoms with Crippen molar-refractivity contribution in [3.63, 3.8) is 0 Å². The van der Waals surface area contributed by atoms with Gasteiger partial charge in [0.15, 0.2) is 0 Å². The van der Waals surface area contributed by atoms with Gasteiger partial charge in [0, 0.05) is 24.9 Å². The fraction of sp³-hybridized carbons (Fsp3) is 0.913. The lowest BCUT2D eigenvalue weighted by Crippen LogP contribution is -2.33. The summed E-state index contributed by atoms with van der Waals surface area (Å²) in [6.45, 7) is 5.02. The molecule has 26 heavy (non-hydrogen) atoms. The zero-order valence-electron chi connectivity index (χ0n) is 17.4. The van der Waals surface area contributed by atoms with E-state index in [9.17, 15) is 0 Å². The van der Waals surface area contributed by atoms with Crippen LogP contribution in [0.15, 0.2) is 9.98 Å². The topological polar surface area (TPSA) is 50.7 Å². The van der Waals surface area contributed by atoms with Gasteiger partial charge in [-0.2, -0.15) is 0 Å². The smallest absolute Gasteiger partial charge is 0.0592 e. The third-order valence-electron chi connectivity index (χ3n) is 6.18. The van der Waals surface area contributed by atoms with Gasteiger partial charge in [-0.1, -0.05) is 58.3 Å². The highest BCUT2D eigenvalue weighted by atomic mass is 14.8. The lowest BCUT2D eigenvalue weighted by atomic mass is 9.77. The first kappa shape index (κ1) is 21.6. The number of rotatable bonds is 11. The molecule has 0 heterocycles. The molecule has 0 bridgehead atoms. The average molecular weight is 362 g/mol. The summed E-state index contributed by atoms with van der Waals surface area (Å²) in [7, 11) is 0. The number of unbranched alkanes of at least 4 members (excludes halogenated alkanes) is 3. The Balaban J connectivity index is 2.16. The van der Waals surface area contributed by atoms with Crippen molar-refractivity contribution in [2.75, 3.05) is 19.6 Å². The quantitative estimate of drug-likeness (QED) is 0.358. The van der Waals surface area contributed by atoms with Crippen molar-refractivity contribution in [2.24, 2.45) is 27.6 Å². The second kappa shape index (κ2) is 13.5. The lowest BCUT2D eigenvalue weighted by Gasteiger charge is -2.30. The van der Waals surface area contributed by atoms with E-state index in [1.165, 1.54) is 94.9 Å². The van der Waals surface area contributed by atoms with Crippen LogP contribution in [0.5, 0.6) is 0 Å². The average Bonchev–Trinajstić information content (AvgIpc) is 2.70. The van der Waals surface area contributed by atoms with Crippen molar-refractivity contribution in [1.29, 1.82) is 0 Å². The molecule has 3 nitrogen and oxygen atoms in total. The van der Waals surface area contributed by atoms with E-state index in [-0.39, 0.29) is 0 Å². The van der Waals surface area contributed by atoms with Crippen LogP contribution in [0.25, 0.3) is 0 Å². The van der Waals surface area contributed by atoms with Crippen molar-refractivity contribution in [3.8, 4) is 0 Å². The van der Waals surface area contributed by atoms with E-state index in [0.717, 1.165) is 32.5 Å². The molecule has 2 saturated carbocycles. The first-order chi connectivity index (χ1) is 12.9. The minimum atomic E-state index is 0.675. The number of nitrogens with two attached hydrogens (primary N) is 1. The van der Waals surface area contributed by atoms with E-state index in [4.69, 9.17) is 15.7 Å². The van der Waals surface area contributed by atoms with Gasteiger partial charge in [-0.25, -0.2) is 0 Å². The molecule has 2 aliphatic rings. The summed E-state index contributed by atoms with van der Waals surface area (Å²) in [5.41, 5.74) is 8.54. The molecule has 0 aromatic rings. The van der Waals surface area contributed by atoms with Crippen molar-refractivity contribution in [1.82, 2.24) is 0 Å². The second-order valence-corrected chi connectivity index (χ2v) is 8.41. The van der Waals surface area contributed by atoms with Crippen LogP contribution in [0.1, 0.15) is 103 Å². The fourth-order valence-corrected chi connectivity index (χ4v) is 4.61. The Bertz CT molecular complexity index is 375. The SMILES string of the molecule is CCCCCN=C(C(=NCCCCN)C1CCCCC1)C1CCCCC1. The largest absolute Gasteiger partial charge is 0.330 e. The van der Waals surface area contributed by atoms with Gasteiger partial charge in [-0.05, 0) is 51.5 Å². The van der Waals surface area contributed by atoms with Crippen LogP contribution in [0.2, 0.25) is 0 Å². The summed E-state index contributed by atoms with van der Waals surface area (Å²) in [6, 6.07) is 0. The molecule has 2 fully saturated rings. The molecule has 2 aliphatic carbocycles. The van der Waals surface area contributed by atoms with Crippen molar-refractivity contribution < 1.29 is 0 Å². The van der Waals surface area contributed by atoms with E-state index in [1.807, 2.05) is 0 Å². The Morgan fingerprint density at radius 1 is 0.692 bits per heavy atom. The van der Waals surface area contributed by atoms with E-state index >= 15 is 0 Å². The lowest BCUT2D eigenvalue weighted by molar-refractivity contribution is 0.427. The Hall–Kier alpha value is -0.700. The van der Waals surface area contributed by atoms with E-state index < -0.39 is 0 Å². The second-order valence-electron chi connectivity index (χ2n) is 8.41. The fourth-order valence-electron chi connectivity index (χ4n) is 4.61. The molecule has 2 N–H and O–H groups in total. The maximum atomic E-state index is 5.69. The van der Waals surface area contributed by atoms with Gasteiger partial charge in [-0.15, -0.1) is 0 Å². The Labute approximate surface area is 162 Å². The van der Waals surface area contributed by atoms with Gasteiger partial charge < -0.3 is 5.73 Å². The van der Waals surface area contributed by atoms with Gasteiger partial charge in [0.1, 0.15) is 0 Å². The molecule has 0 radical (unpaired) electrons. The molecule has 0 aliphatic heterocycles. The number of aliphatic imine (C=N–C) groups is 2. The van der Waals surface area contributed by atoms with Gasteiger partial charge in [-0.3, -0.25) is 9.98 Å². The van der Waals surface area contributed by atoms with Crippen LogP contribution in [0.3, 0.4) is 0 Å². The van der Waals surface area contributed by atoms with E-state index in [0.29, 0.717) is 11.8 Å². The molecule has 0 atom stereocenters. The first-order valence-corrected chi connectivity index (χ1v) is 11.7. The van der Waals surface area contributed by atoms with Gasteiger partial charge >= 0.3 is 0 Å². The molecule has 0 amide bonds. The molecule has 150 valence electrons. The monoisotopic (exact) mass is 361 g/mol. The third kappa shape index (κ3) is 7.50. The summed E-state index contributed by atoms with van der Waals surface area (Å²) >= 11 is 0. The summed E-state index contributed by atoms with van der Waals surface area (Å²) in [5, 5.41) is 0. The summed E-state index contributed by atoms with van der Waals surface area (Å²) in [4.78, 5) is 10.4. The van der Waals surface area contributed by atoms with Crippen molar-refractivity contribution in [2.45, 2.75) is 103 Å². The Morgan fingerprint density at radius 2 is 1.15 bits per heavy atom. The molecular weight excluding hydrogens is 318 g/mol. The van der Waals surface area contributed by atoms with Crippen LogP contribution >= 0.6 is 0 Å². The molecule has 0 unspecified atom stereocenters.